The number of urea groups is 1. The highest BCUT2D eigenvalue weighted by atomic mass is 32.2. The van der Waals surface area contributed by atoms with Gasteiger partial charge in [0.1, 0.15) is 11.9 Å². The summed E-state index contributed by atoms with van der Waals surface area (Å²) in [4.78, 5) is 28.9. The number of carbonyl (C=O) groups excluding carboxylic acids is 2. The number of rotatable bonds is 4. The van der Waals surface area contributed by atoms with E-state index < -0.39 is 21.9 Å². The Balaban J connectivity index is 1.51. The fourth-order valence-corrected chi connectivity index (χ4v) is 6.17. The molecule has 0 bridgehead atoms. The number of hydrogen-bond donors (Lipinski definition) is 0. The summed E-state index contributed by atoms with van der Waals surface area (Å²) in [5.41, 5.74) is 0.491. The Morgan fingerprint density at radius 1 is 0.966 bits per heavy atom. The first-order chi connectivity index (χ1) is 13.9. The molecule has 1 atom stereocenters. The van der Waals surface area contributed by atoms with Gasteiger partial charge in [-0.3, -0.25) is 9.69 Å². The zero-order valence-corrected chi connectivity index (χ0v) is 17.1. The van der Waals surface area contributed by atoms with Gasteiger partial charge in [0, 0.05) is 25.7 Å². The molecular weight excluding hydrogens is 397 g/mol. The summed E-state index contributed by atoms with van der Waals surface area (Å²) in [6.07, 6.45) is 5.26. The van der Waals surface area contributed by atoms with Crippen molar-refractivity contribution in [3.8, 4) is 0 Å². The van der Waals surface area contributed by atoms with Crippen LogP contribution in [-0.2, 0) is 20.6 Å². The molecule has 4 rings (SSSR count). The van der Waals surface area contributed by atoms with Gasteiger partial charge in [-0.1, -0.05) is 31.4 Å². The molecule has 2 heterocycles. The number of benzene rings is 1. The molecule has 9 heteroatoms. The molecule has 3 aliphatic rings. The number of nitrogens with zero attached hydrogens (tertiary/aromatic N) is 3. The van der Waals surface area contributed by atoms with Crippen LogP contribution in [0.5, 0.6) is 0 Å². The van der Waals surface area contributed by atoms with Crippen molar-refractivity contribution in [3.05, 3.63) is 35.6 Å². The van der Waals surface area contributed by atoms with Gasteiger partial charge in [-0.15, -0.1) is 0 Å². The van der Waals surface area contributed by atoms with E-state index in [0.29, 0.717) is 18.5 Å². The van der Waals surface area contributed by atoms with Crippen LogP contribution in [0.2, 0.25) is 0 Å². The van der Waals surface area contributed by atoms with E-state index in [4.69, 9.17) is 0 Å². The highest BCUT2D eigenvalue weighted by Crippen LogP contribution is 2.31. The third kappa shape index (κ3) is 4.02. The minimum atomic E-state index is -3.69. The van der Waals surface area contributed by atoms with Crippen molar-refractivity contribution in [2.45, 2.75) is 56.4 Å². The Morgan fingerprint density at radius 3 is 2.34 bits per heavy atom. The second-order valence-electron chi connectivity index (χ2n) is 8.09. The van der Waals surface area contributed by atoms with Crippen molar-refractivity contribution in [1.29, 1.82) is 0 Å². The van der Waals surface area contributed by atoms with Crippen molar-refractivity contribution in [3.63, 3.8) is 0 Å². The van der Waals surface area contributed by atoms with Gasteiger partial charge in [0.25, 0.3) is 5.91 Å². The topological polar surface area (TPSA) is 78.0 Å². The van der Waals surface area contributed by atoms with Crippen molar-refractivity contribution in [2.24, 2.45) is 0 Å². The van der Waals surface area contributed by atoms with Gasteiger partial charge < -0.3 is 4.90 Å². The Kier molecular flexibility index (Phi) is 5.61. The van der Waals surface area contributed by atoms with Crippen molar-refractivity contribution < 1.29 is 22.4 Å². The Morgan fingerprint density at radius 2 is 1.66 bits per heavy atom. The Hall–Kier alpha value is -2.00. The molecule has 1 aromatic rings. The van der Waals surface area contributed by atoms with E-state index in [1.807, 2.05) is 0 Å². The fraction of sp³-hybridized carbons (Fsp3) is 0.600. The van der Waals surface area contributed by atoms with Gasteiger partial charge in [0.05, 0.1) is 5.75 Å². The van der Waals surface area contributed by atoms with E-state index in [1.165, 1.54) is 33.5 Å². The number of carbonyl (C=O) groups is 2. The zero-order chi connectivity index (χ0) is 20.6. The molecule has 7 nitrogen and oxygen atoms in total. The van der Waals surface area contributed by atoms with Crippen LogP contribution in [0.25, 0.3) is 0 Å². The van der Waals surface area contributed by atoms with Crippen LogP contribution in [0.3, 0.4) is 0 Å². The van der Waals surface area contributed by atoms with Gasteiger partial charge >= 0.3 is 6.03 Å². The lowest BCUT2D eigenvalue weighted by Crippen LogP contribution is -2.45. The average molecular weight is 424 g/mol. The summed E-state index contributed by atoms with van der Waals surface area (Å²) >= 11 is 0. The van der Waals surface area contributed by atoms with E-state index in [9.17, 15) is 22.4 Å². The number of imide groups is 1. The normalized spacial score (nSPS) is 24.7. The second-order valence-corrected chi connectivity index (χ2v) is 10.1. The van der Waals surface area contributed by atoms with Crippen LogP contribution >= 0.6 is 0 Å². The quantitative estimate of drug-likeness (QED) is 0.697. The number of amides is 3. The van der Waals surface area contributed by atoms with Crippen LogP contribution in [0.4, 0.5) is 9.18 Å². The first-order valence-corrected chi connectivity index (χ1v) is 11.8. The maximum Gasteiger partial charge on any atom is 0.327 e. The summed E-state index contributed by atoms with van der Waals surface area (Å²) in [5.74, 6) is -0.950. The minimum absolute atomic E-state index is 0.0165. The molecule has 1 aromatic carbocycles. The van der Waals surface area contributed by atoms with Crippen molar-refractivity contribution >= 4 is 22.0 Å². The van der Waals surface area contributed by atoms with Crippen molar-refractivity contribution in [1.82, 2.24) is 14.1 Å². The lowest BCUT2D eigenvalue weighted by molar-refractivity contribution is -0.130. The van der Waals surface area contributed by atoms with Gasteiger partial charge in [0.15, 0.2) is 0 Å². The molecule has 0 aromatic heterocycles. The van der Waals surface area contributed by atoms with E-state index in [1.54, 1.807) is 4.90 Å². The fourth-order valence-electron chi connectivity index (χ4n) is 4.60. The smallest absolute Gasteiger partial charge is 0.311 e. The molecule has 3 fully saturated rings. The molecule has 3 amide bonds. The van der Waals surface area contributed by atoms with Gasteiger partial charge in [-0.2, -0.15) is 4.31 Å². The molecule has 2 saturated heterocycles. The van der Waals surface area contributed by atoms with Crippen LogP contribution in [0.15, 0.2) is 24.3 Å². The number of hydrogen-bond acceptors (Lipinski definition) is 4. The predicted octanol–water partition coefficient (Wildman–Crippen LogP) is 2.33. The van der Waals surface area contributed by atoms with Gasteiger partial charge in [-0.25, -0.2) is 17.6 Å². The van der Waals surface area contributed by atoms with E-state index in [2.05, 4.69) is 0 Å². The summed E-state index contributed by atoms with van der Waals surface area (Å²) in [6.45, 7) is 0.624. The number of halogens is 1. The maximum atomic E-state index is 13.1. The number of sulfonamides is 1. The summed E-state index contributed by atoms with van der Waals surface area (Å²) < 4.78 is 40.3. The molecule has 0 radical (unpaired) electrons. The Bertz CT molecular complexity index is 883. The summed E-state index contributed by atoms with van der Waals surface area (Å²) in [6, 6.07) is 4.27. The standard InChI is InChI=1S/C20H26FN3O4S/c21-16-9-7-15(8-10-16)14-29(27,28)22-11-4-12-23-18(13-22)19(25)24(20(23)26)17-5-2-1-3-6-17/h7-10,17-18H,1-6,11-14H2. The van der Waals surface area contributed by atoms with Crippen LogP contribution in [0.1, 0.15) is 44.1 Å². The van der Waals surface area contributed by atoms with Crippen molar-refractivity contribution in [2.75, 3.05) is 19.6 Å². The van der Waals surface area contributed by atoms with Gasteiger partial charge in [-0.05, 0) is 37.0 Å². The molecule has 158 valence electrons. The van der Waals surface area contributed by atoms with E-state index in [0.717, 1.165) is 32.1 Å². The minimum Gasteiger partial charge on any atom is -0.311 e. The molecule has 2 aliphatic heterocycles. The lowest BCUT2D eigenvalue weighted by atomic mass is 9.94. The van der Waals surface area contributed by atoms with Crippen LogP contribution in [0, 0.1) is 5.82 Å². The highest BCUT2D eigenvalue weighted by molar-refractivity contribution is 7.88. The molecule has 29 heavy (non-hydrogen) atoms. The third-order valence-electron chi connectivity index (χ3n) is 6.13. The zero-order valence-electron chi connectivity index (χ0n) is 16.3. The molecular formula is C20H26FN3O4S. The Labute approximate surface area is 170 Å². The summed E-state index contributed by atoms with van der Waals surface area (Å²) in [5, 5.41) is 0. The second kappa shape index (κ2) is 8.02. The lowest BCUT2D eigenvalue weighted by Gasteiger charge is -2.29. The molecule has 0 spiro atoms. The van der Waals surface area contributed by atoms with Crippen LogP contribution in [-0.4, -0.2) is 66.2 Å². The SMILES string of the molecule is O=C1C2CN(S(=O)(=O)Cc3ccc(F)cc3)CCCN2C(=O)N1C1CCCCC1. The summed E-state index contributed by atoms with van der Waals surface area (Å²) in [7, 11) is -3.69. The number of fused-ring (bicyclic) bond motifs is 1. The molecule has 1 saturated carbocycles. The predicted molar refractivity (Wildman–Crippen MR) is 105 cm³/mol. The third-order valence-corrected chi connectivity index (χ3v) is 7.95. The van der Waals surface area contributed by atoms with E-state index >= 15 is 0 Å². The first kappa shape index (κ1) is 20.3. The maximum absolute atomic E-state index is 13.1. The molecule has 1 unspecified atom stereocenters. The largest absolute Gasteiger partial charge is 0.327 e. The highest BCUT2D eigenvalue weighted by Gasteiger charge is 2.50. The first-order valence-electron chi connectivity index (χ1n) is 10.2. The molecule has 1 aliphatic carbocycles. The molecule has 0 N–H and O–H groups in total. The average Bonchev–Trinajstić information content (AvgIpc) is 2.86. The monoisotopic (exact) mass is 423 g/mol. The van der Waals surface area contributed by atoms with E-state index in [-0.39, 0.29) is 36.8 Å². The van der Waals surface area contributed by atoms with Gasteiger partial charge in [0.2, 0.25) is 10.0 Å². The van der Waals surface area contributed by atoms with Crippen LogP contribution < -0.4 is 0 Å².